The maximum absolute atomic E-state index is 12.9. The molecule has 468 valence electrons. The van der Waals surface area contributed by atoms with Crippen LogP contribution < -0.4 is 0 Å². The quantitative estimate of drug-likeness (QED) is 0.0222. The van der Waals surface area contributed by atoms with Gasteiger partial charge in [0.1, 0.15) is 19.3 Å². The fourth-order valence-electron chi connectivity index (χ4n) is 8.72. The fraction of sp³-hybridized carbons (Fsp3) is 0.933. The van der Waals surface area contributed by atoms with Gasteiger partial charge in [-0.15, -0.1) is 0 Å². The van der Waals surface area contributed by atoms with Gasteiger partial charge in [-0.2, -0.15) is 0 Å². The van der Waals surface area contributed by atoms with Gasteiger partial charge >= 0.3 is 39.5 Å². The minimum absolute atomic E-state index is 0.100. The van der Waals surface area contributed by atoms with Gasteiger partial charge in [-0.05, 0) is 49.4 Å². The van der Waals surface area contributed by atoms with Gasteiger partial charge in [0, 0.05) is 25.7 Å². The van der Waals surface area contributed by atoms with Crippen molar-refractivity contribution < 1.29 is 80.2 Å². The predicted octanol–water partition coefficient (Wildman–Crippen LogP) is 15.8. The van der Waals surface area contributed by atoms with Gasteiger partial charge in [0.15, 0.2) is 12.2 Å². The molecular weight excluding hydrogens is 1050 g/mol. The number of carbonyl (C=O) groups is 4. The number of hydrogen-bond donors (Lipinski definition) is 3. The Morgan fingerprint density at radius 1 is 0.316 bits per heavy atom. The Bertz CT molecular complexity index is 1590. The largest absolute Gasteiger partial charge is 0.472 e. The maximum Gasteiger partial charge on any atom is 0.472 e. The van der Waals surface area contributed by atoms with Gasteiger partial charge in [0.05, 0.1) is 26.4 Å². The summed E-state index contributed by atoms with van der Waals surface area (Å²) in [6.45, 7) is 13.8. The molecule has 0 radical (unpaired) electrons. The number of phosphoric acid groups is 2. The van der Waals surface area contributed by atoms with Crippen molar-refractivity contribution in [2.75, 3.05) is 39.6 Å². The van der Waals surface area contributed by atoms with Crippen LogP contribution in [0.4, 0.5) is 0 Å². The van der Waals surface area contributed by atoms with E-state index in [0.717, 1.165) is 109 Å². The lowest BCUT2D eigenvalue weighted by atomic mass is 10.0. The van der Waals surface area contributed by atoms with Crippen molar-refractivity contribution in [2.45, 2.75) is 298 Å². The molecule has 0 rings (SSSR count). The number of hydrogen-bond acceptors (Lipinski definition) is 15. The lowest BCUT2D eigenvalue weighted by molar-refractivity contribution is -0.161. The van der Waals surface area contributed by atoms with Crippen molar-refractivity contribution in [3.8, 4) is 0 Å². The fourth-order valence-corrected chi connectivity index (χ4v) is 10.3. The molecule has 5 atom stereocenters. The summed E-state index contributed by atoms with van der Waals surface area (Å²) in [5, 5.41) is 10.5. The molecule has 0 aliphatic heterocycles. The summed E-state index contributed by atoms with van der Waals surface area (Å²) < 4.78 is 67.7. The first-order chi connectivity index (χ1) is 37.6. The first kappa shape index (κ1) is 77.1. The molecule has 0 spiro atoms. The normalized spacial score (nSPS) is 14.6. The number of ether oxygens (including phenoxy) is 4. The summed E-state index contributed by atoms with van der Waals surface area (Å²) >= 11 is 0. The van der Waals surface area contributed by atoms with Crippen molar-refractivity contribution in [1.82, 2.24) is 0 Å². The average molecular weight is 1170 g/mol. The molecule has 3 N–H and O–H groups in total. The van der Waals surface area contributed by atoms with Crippen LogP contribution in [-0.4, -0.2) is 96.7 Å². The predicted molar refractivity (Wildman–Crippen MR) is 312 cm³/mol. The summed E-state index contributed by atoms with van der Waals surface area (Å²) in [7, 11) is -9.88. The molecule has 0 aromatic heterocycles. The monoisotopic (exact) mass is 1170 g/mol. The van der Waals surface area contributed by atoms with Gasteiger partial charge < -0.3 is 33.8 Å². The van der Waals surface area contributed by atoms with E-state index in [1.165, 1.54) is 70.6 Å². The molecule has 0 amide bonds. The van der Waals surface area contributed by atoms with Gasteiger partial charge in [0.25, 0.3) is 0 Å². The third-order valence-electron chi connectivity index (χ3n) is 13.6. The Kier molecular flexibility index (Phi) is 49.3. The van der Waals surface area contributed by atoms with E-state index in [1.54, 1.807) is 0 Å². The molecule has 0 aliphatic rings. The Labute approximate surface area is 479 Å². The Hall–Kier alpha value is -1.94. The Morgan fingerprint density at radius 2 is 0.532 bits per heavy atom. The summed E-state index contributed by atoms with van der Waals surface area (Å²) in [5.74, 6) is 0.620. The number of rotatable bonds is 57. The molecule has 0 saturated heterocycles. The smallest absolute Gasteiger partial charge is 0.462 e. The average Bonchev–Trinajstić information content (AvgIpc) is 3.38. The van der Waals surface area contributed by atoms with Crippen LogP contribution in [-0.2, 0) is 65.4 Å². The minimum atomic E-state index is -4.94. The highest BCUT2D eigenvalue weighted by molar-refractivity contribution is 7.47. The van der Waals surface area contributed by atoms with E-state index in [1.807, 2.05) is 0 Å². The van der Waals surface area contributed by atoms with Crippen LogP contribution in [0, 0.1) is 23.7 Å². The zero-order valence-corrected chi connectivity index (χ0v) is 52.8. The van der Waals surface area contributed by atoms with E-state index >= 15 is 0 Å². The molecular formula is C60H116O17P2. The van der Waals surface area contributed by atoms with Gasteiger partial charge in [-0.25, -0.2) is 9.13 Å². The minimum Gasteiger partial charge on any atom is -0.462 e. The molecule has 0 heterocycles. The summed E-state index contributed by atoms with van der Waals surface area (Å²) in [5.41, 5.74) is 0. The summed E-state index contributed by atoms with van der Waals surface area (Å²) in [6, 6.07) is 0. The van der Waals surface area contributed by atoms with Crippen molar-refractivity contribution in [3.05, 3.63) is 0 Å². The maximum atomic E-state index is 12.9. The highest BCUT2D eigenvalue weighted by Gasteiger charge is 2.30. The summed E-state index contributed by atoms with van der Waals surface area (Å²) in [6.07, 6.45) is 28.4. The lowest BCUT2D eigenvalue weighted by Gasteiger charge is -2.21. The first-order valence-corrected chi connectivity index (χ1v) is 34.2. The van der Waals surface area contributed by atoms with E-state index in [4.69, 9.17) is 37.0 Å². The first-order valence-electron chi connectivity index (χ1n) is 31.2. The number of carbonyl (C=O) groups excluding carboxylic acids is 4. The van der Waals surface area contributed by atoms with E-state index in [9.17, 15) is 43.2 Å². The van der Waals surface area contributed by atoms with Gasteiger partial charge in [0.2, 0.25) is 0 Å². The molecule has 0 fully saturated rings. The van der Waals surface area contributed by atoms with Crippen molar-refractivity contribution >= 4 is 39.5 Å². The summed E-state index contributed by atoms with van der Waals surface area (Å²) in [4.78, 5) is 71.9. The van der Waals surface area contributed by atoms with Crippen molar-refractivity contribution in [2.24, 2.45) is 23.7 Å². The van der Waals surface area contributed by atoms with E-state index in [0.29, 0.717) is 43.4 Å². The lowest BCUT2D eigenvalue weighted by Crippen LogP contribution is -2.30. The molecule has 3 unspecified atom stereocenters. The van der Waals surface area contributed by atoms with Crippen molar-refractivity contribution in [1.29, 1.82) is 0 Å². The second kappa shape index (κ2) is 50.6. The highest BCUT2D eigenvalue weighted by Crippen LogP contribution is 2.45. The molecule has 0 aromatic rings. The third-order valence-corrected chi connectivity index (χ3v) is 15.5. The zero-order chi connectivity index (χ0) is 59.0. The van der Waals surface area contributed by atoms with Crippen molar-refractivity contribution in [3.63, 3.8) is 0 Å². The van der Waals surface area contributed by atoms with E-state index in [2.05, 4.69) is 55.4 Å². The number of esters is 4. The van der Waals surface area contributed by atoms with Crippen LogP contribution >= 0.6 is 15.6 Å². The van der Waals surface area contributed by atoms with Gasteiger partial charge in [-0.3, -0.25) is 37.3 Å². The highest BCUT2D eigenvalue weighted by atomic mass is 31.2. The van der Waals surface area contributed by atoms with Crippen LogP contribution in [0.3, 0.4) is 0 Å². The van der Waals surface area contributed by atoms with Crippen LogP contribution in [0.2, 0.25) is 0 Å². The standard InChI is InChI=1S/C60H116O17P2/c1-50(2)36-28-20-12-9-10-14-26-34-42-59(64)76-55(46-70-57(62)40-32-24-15-11-13-21-29-37-51(3)4)48-74-78(66,67)72-44-54(61)45-73-79(68,69)75-49-56(77-60(65)43-35-27-19-17-23-31-39-53(7)8)47-71-58(63)41-33-25-18-16-22-30-38-52(5)6/h50-56,61H,9-49H2,1-8H3,(H,66,67)(H,68,69)/t54?,55-,56-/m1/s1. The molecule has 0 bridgehead atoms. The van der Waals surface area contributed by atoms with E-state index in [-0.39, 0.29) is 25.7 Å². The topological polar surface area (TPSA) is 237 Å². The Balaban J connectivity index is 5.24. The molecule has 0 aromatic carbocycles. The molecule has 19 heteroatoms. The molecule has 0 aliphatic carbocycles. The zero-order valence-electron chi connectivity index (χ0n) is 51.0. The van der Waals surface area contributed by atoms with Crippen LogP contribution in [0.1, 0.15) is 280 Å². The van der Waals surface area contributed by atoms with Crippen LogP contribution in [0.5, 0.6) is 0 Å². The third kappa shape index (κ3) is 55.0. The number of aliphatic hydroxyl groups is 1. The second-order valence-corrected chi connectivity index (χ2v) is 26.5. The number of phosphoric ester groups is 2. The SMILES string of the molecule is CC(C)CCCCCCCCCCC(=O)O[C@H](COC(=O)CCCCCCCCCC(C)C)COP(=O)(O)OCC(O)COP(=O)(O)OC[C@@H](COC(=O)CCCCCCCCC(C)C)OC(=O)CCCCCCCCC(C)C. The number of aliphatic hydroxyl groups excluding tert-OH is 1. The van der Waals surface area contributed by atoms with Gasteiger partial charge in [-0.1, -0.05) is 229 Å². The van der Waals surface area contributed by atoms with E-state index < -0.39 is 97.5 Å². The molecule has 79 heavy (non-hydrogen) atoms. The Morgan fingerprint density at radius 3 is 0.785 bits per heavy atom. The molecule has 0 saturated carbocycles. The van der Waals surface area contributed by atoms with Crippen LogP contribution in [0.25, 0.3) is 0 Å². The molecule has 17 nitrogen and oxygen atoms in total. The number of unbranched alkanes of at least 4 members (excludes halogenated alkanes) is 23. The van der Waals surface area contributed by atoms with Crippen LogP contribution in [0.15, 0.2) is 0 Å². The second-order valence-electron chi connectivity index (χ2n) is 23.6.